The first-order chi connectivity index (χ1) is 16.5. The van der Waals surface area contributed by atoms with Gasteiger partial charge in [-0.05, 0) is 55.8 Å². The predicted octanol–water partition coefficient (Wildman–Crippen LogP) is 7.37. The van der Waals surface area contributed by atoms with Crippen LogP contribution in [0, 0.1) is 11.3 Å². The molecule has 0 fully saturated rings. The number of allylic oxidation sites excluding steroid dienone is 1. The first-order valence-corrected chi connectivity index (χ1v) is 11.6. The van der Waals surface area contributed by atoms with Crippen LogP contribution >= 0.6 is 8.38 Å². The molecule has 0 aliphatic rings. The number of nitriles is 1. The van der Waals surface area contributed by atoms with Gasteiger partial charge in [-0.1, -0.05) is 0 Å². The van der Waals surface area contributed by atoms with Crippen molar-refractivity contribution in [2.45, 2.75) is 32.7 Å². The third kappa shape index (κ3) is 6.40. The Bertz CT molecular complexity index is 1220. The van der Waals surface area contributed by atoms with Crippen LogP contribution in [0.15, 0.2) is 48.0 Å². The average Bonchev–Trinajstić information content (AvgIpc) is 3.13. The van der Waals surface area contributed by atoms with Crippen molar-refractivity contribution in [3.8, 4) is 6.07 Å². The Morgan fingerprint density at radius 1 is 1.06 bits per heavy atom. The molecule has 2 aromatic heterocycles. The second-order valence-corrected chi connectivity index (χ2v) is 8.75. The monoisotopic (exact) mass is 515 g/mol. The van der Waals surface area contributed by atoms with Crippen LogP contribution in [0.1, 0.15) is 36.1 Å². The van der Waals surface area contributed by atoms with Gasteiger partial charge in [0.15, 0.2) is 0 Å². The van der Waals surface area contributed by atoms with E-state index in [1.807, 2.05) is 0 Å². The fourth-order valence-corrected chi connectivity index (χ4v) is 4.52. The Labute approximate surface area is 198 Å². The summed E-state index contributed by atoms with van der Waals surface area (Å²) in [6.07, 6.45) is -5.38. The minimum Gasteiger partial charge on any atom is -0.330 e. The summed E-state index contributed by atoms with van der Waals surface area (Å²) in [5.41, 5.74) is -2.15. The number of hydrogen-bond donors (Lipinski definition) is 0. The second kappa shape index (κ2) is 10.8. The zero-order chi connectivity index (χ0) is 25.8. The summed E-state index contributed by atoms with van der Waals surface area (Å²) in [7, 11) is -1.66. The van der Waals surface area contributed by atoms with Gasteiger partial charge in [0, 0.05) is 29.9 Å². The summed E-state index contributed by atoms with van der Waals surface area (Å²) < 4.78 is 92.1. The van der Waals surface area contributed by atoms with Crippen LogP contribution in [0.5, 0.6) is 0 Å². The van der Waals surface area contributed by atoms with Crippen LogP contribution in [-0.2, 0) is 27.9 Å². The lowest BCUT2D eigenvalue weighted by Crippen LogP contribution is -2.12. The van der Waals surface area contributed by atoms with Crippen LogP contribution in [0.25, 0.3) is 17.1 Å². The zero-order valence-corrected chi connectivity index (χ0v) is 19.5. The number of fused-ring (bicyclic) bond motifs is 1. The van der Waals surface area contributed by atoms with Crippen LogP contribution in [0.2, 0.25) is 0 Å². The number of alkyl halides is 6. The molecule has 186 valence electrons. The fraction of sp³-hybridized carbons (Fsp3) is 0.304. The third-order valence-corrected chi connectivity index (χ3v) is 6.37. The molecule has 0 spiro atoms. The number of nitrogens with zero attached hydrogens (tertiary/aromatic N) is 3. The van der Waals surface area contributed by atoms with Gasteiger partial charge < -0.3 is 13.6 Å². The van der Waals surface area contributed by atoms with E-state index in [-0.39, 0.29) is 23.5 Å². The normalized spacial score (nSPS) is 13.0. The molecule has 3 rings (SSSR count). The standard InChI is InChI=1S/C23H20F6N3O2P/c1-3-33-35(34-4-2)19(12-30)10-16-14-32(21-20(16)6-5-7-31-21)13-15-8-17(22(24,25)26)11-18(9-15)23(27,28)29/h5-11,14H,3-4,13H2,1-2H3/b19-10+. The molecule has 0 unspecified atom stereocenters. The van der Waals surface area contributed by atoms with Gasteiger partial charge in [-0.2, -0.15) is 31.6 Å². The summed E-state index contributed by atoms with van der Waals surface area (Å²) >= 11 is 0. The first kappa shape index (κ1) is 26.7. The van der Waals surface area contributed by atoms with Crippen molar-refractivity contribution >= 4 is 25.5 Å². The lowest BCUT2D eigenvalue weighted by molar-refractivity contribution is -0.143. The highest BCUT2D eigenvalue weighted by Gasteiger charge is 2.37. The number of halogens is 6. The summed E-state index contributed by atoms with van der Waals surface area (Å²) in [5, 5.41) is 10.4. The van der Waals surface area contributed by atoms with Gasteiger partial charge in [-0.15, -0.1) is 0 Å². The molecular formula is C23H20F6N3O2P. The summed E-state index contributed by atoms with van der Waals surface area (Å²) in [4.78, 5) is 4.24. The van der Waals surface area contributed by atoms with Crippen LogP contribution in [0.4, 0.5) is 26.3 Å². The molecule has 0 aliphatic heterocycles. The van der Waals surface area contributed by atoms with Gasteiger partial charge in [0.05, 0.1) is 24.3 Å². The average molecular weight is 515 g/mol. The van der Waals surface area contributed by atoms with E-state index in [1.165, 1.54) is 23.0 Å². The maximum absolute atomic E-state index is 13.3. The van der Waals surface area contributed by atoms with E-state index in [9.17, 15) is 31.6 Å². The highest BCUT2D eigenvalue weighted by molar-refractivity contribution is 7.52. The van der Waals surface area contributed by atoms with Gasteiger partial charge in [-0.25, -0.2) is 4.98 Å². The minimum absolute atomic E-state index is 0.0899. The SMILES string of the molecule is CCOP(OCC)/C(C#N)=C/c1cn(Cc2cc(C(F)(F)F)cc(C(F)(F)F)c2)c2ncccc12. The van der Waals surface area contributed by atoms with Gasteiger partial charge in [0.2, 0.25) is 8.38 Å². The Morgan fingerprint density at radius 2 is 1.66 bits per heavy atom. The summed E-state index contributed by atoms with van der Waals surface area (Å²) in [6.45, 7) is 3.82. The summed E-state index contributed by atoms with van der Waals surface area (Å²) in [6, 6.07) is 6.84. The number of aromatic nitrogens is 2. The van der Waals surface area contributed by atoms with Gasteiger partial charge in [0.1, 0.15) is 17.0 Å². The molecule has 0 saturated heterocycles. The van der Waals surface area contributed by atoms with E-state index in [2.05, 4.69) is 11.1 Å². The van der Waals surface area contributed by atoms with Crippen molar-refractivity contribution < 1.29 is 35.4 Å². The minimum atomic E-state index is -4.95. The number of pyridine rings is 1. The molecule has 12 heteroatoms. The third-order valence-electron chi connectivity index (χ3n) is 4.76. The van der Waals surface area contributed by atoms with Crippen molar-refractivity contribution in [2.24, 2.45) is 0 Å². The molecule has 0 N–H and O–H groups in total. The van der Waals surface area contributed by atoms with Gasteiger partial charge in [0.25, 0.3) is 0 Å². The van der Waals surface area contributed by atoms with E-state index >= 15 is 0 Å². The number of hydrogen-bond acceptors (Lipinski definition) is 4. The van der Waals surface area contributed by atoms with E-state index in [0.717, 1.165) is 0 Å². The molecule has 1 aromatic carbocycles. The molecule has 2 heterocycles. The van der Waals surface area contributed by atoms with Crippen molar-refractivity contribution in [2.75, 3.05) is 13.2 Å². The van der Waals surface area contributed by atoms with Crippen molar-refractivity contribution in [1.82, 2.24) is 9.55 Å². The van der Waals surface area contributed by atoms with Crippen LogP contribution in [-0.4, -0.2) is 22.8 Å². The Hall–Kier alpha value is -2.93. The maximum Gasteiger partial charge on any atom is 0.416 e. The molecule has 0 radical (unpaired) electrons. The fourth-order valence-electron chi connectivity index (χ4n) is 3.38. The van der Waals surface area contributed by atoms with Gasteiger partial charge >= 0.3 is 12.4 Å². The Morgan fingerprint density at radius 3 is 2.17 bits per heavy atom. The van der Waals surface area contributed by atoms with E-state index in [4.69, 9.17) is 9.05 Å². The largest absolute Gasteiger partial charge is 0.416 e. The highest BCUT2D eigenvalue weighted by atomic mass is 31.2. The molecule has 0 amide bonds. The maximum atomic E-state index is 13.3. The molecule has 0 saturated carbocycles. The van der Waals surface area contributed by atoms with Crippen molar-refractivity contribution in [1.29, 1.82) is 5.26 Å². The topological polar surface area (TPSA) is 60.1 Å². The number of rotatable bonds is 8. The molecule has 0 bridgehead atoms. The predicted molar refractivity (Wildman–Crippen MR) is 119 cm³/mol. The van der Waals surface area contributed by atoms with Crippen LogP contribution < -0.4 is 0 Å². The second-order valence-electron chi connectivity index (χ2n) is 7.24. The Balaban J connectivity index is 2.11. The van der Waals surface area contributed by atoms with Crippen LogP contribution in [0.3, 0.4) is 0 Å². The lowest BCUT2D eigenvalue weighted by Gasteiger charge is -2.15. The molecule has 0 atom stereocenters. The Kier molecular flexibility index (Phi) is 8.21. The van der Waals surface area contributed by atoms with Crippen molar-refractivity contribution in [3.63, 3.8) is 0 Å². The summed E-state index contributed by atoms with van der Waals surface area (Å²) in [5.74, 6) is 0. The molecule has 5 nitrogen and oxygen atoms in total. The lowest BCUT2D eigenvalue weighted by atomic mass is 10.0. The van der Waals surface area contributed by atoms with E-state index in [0.29, 0.717) is 41.9 Å². The molecular weight excluding hydrogens is 495 g/mol. The molecule has 35 heavy (non-hydrogen) atoms. The molecule has 3 aromatic rings. The number of benzene rings is 1. The van der Waals surface area contributed by atoms with E-state index < -0.39 is 31.9 Å². The quantitative estimate of drug-likeness (QED) is 0.179. The smallest absolute Gasteiger partial charge is 0.330 e. The first-order valence-electron chi connectivity index (χ1n) is 10.4. The van der Waals surface area contributed by atoms with E-state index in [1.54, 1.807) is 26.0 Å². The highest BCUT2D eigenvalue weighted by Crippen LogP contribution is 2.47. The van der Waals surface area contributed by atoms with Crippen molar-refractivity contribution in [3.05, 3.63) is 70.3 Å². The van der Waals surface area contributed by atoms with Gasteiger partial charge in [-0.3, -0.25) is 0 Å². The molecule has 0 aliphatic carbocycles. The zero-order valence-electron chi connectivity index (χ0n) is 18.6.